The smallest absolute Gasteiger partial charge is 0.102 e. The van der Waals surface area contributed by atoms with Gasteiger partial charge in [-0.2, -0.15) is 0 Å². The fourth-order valence-electron chi connectivity index (χ4n) is 4.61. The van der Waals surface area contributed by atoms with Crippen molar-refractivity contribution in [2.75, 3.05) is 33.3 Å². The zero-order valence-electron chi connectivity index (χ0n) is 16.2. The van der Waals surface area contributed by atoms with Crippen LogP contribution < -0.4 is 17.0 Å². The minimum absolute atomic E-state index is 0. The summed E-state index contributed by atoms with van der Waals surface area (Å²) in [7, 11) is 2.34. The van der Waals surface area contributed by atoms with Crippen LogP contribution in [0.25, 0.3) is 0 Å². The zero-order valence-corrected chi connectivity index (χ0v) is 17.8. The highest BCUT2D eigenvalue weighted by Gasteiger charge is 2.48. The minimum atomic E-state index is -0.169. The number of quaternary nitrogens is 1. The lowest BCUT2D eigenvalue weighted by atomic mass is 9.75. The van der Waals surface area contributed by atoms with Crippen LogP contribution in [-0.2, 0) is 10.3 Å². The van der Waals surface area contributed by atoms with Crippen molar-refractivity contribution in [3.05, 3.63) is 48.0 Å². The van der Waals surface area contributed by atoms with Gasteiger partial charge in [-0.05, 0) is 56.9 Å². The topological polar surface area (TPSA) is 9.23 Å². The lowest BCUT2D eigenvalue weighted by Gasteiger charge is -2.41. The van der Waals surface area contributed by atoms with Gasteiger partial charge in [-0.1, -0.05) is 42.5 Å². The number of fused-ring (bicyclic) bond motifs is 2. The van der Waals surface area contributed by atoms with E-state index in [2.05, 4.69) is 70.3 Å². The van der Waals surface area contributed by atoms with E-state index in [-0.39, 0.29) is 22.6 Å². The molecule has 0 aromatic heterocycles. The molecule has 25 heavy (non-hydrogen) atoms. The van der Waals surface area contributed by atoms with E-state index in [0.29, 0.717) is 11.8 Å². The molecular formula is C22H34BrNO. The molecule has 0 saturated heterocycles. The molecule has 1 fully saturated rings. The Morgan fingerprint density at radius 2 is 1.76 bits per heavy atom. The van der Waals surface area contributed by atoms with E-state index < -0.39 is 0 Å². The molecule has 0 aliphatic heterocycles. The first-order valence-electron chi connectivity index (χ1n) is 9.72. The van der Waals surface area contributed by atoms with Crippen molar-refractivity contribution in [2.45, 2.75) is 39.2 Å². The summed E-state index contributed by atoms with van der Waals surface area (Å²) in [5.41, 5.74) is 1.18. The summed E-state index contributed by atoms with van der Waals surface area (Å²) in [6, 6.07) is 10.9. The third kappa shape index (κ3) is 4.20. The molecule has 0 spiro atoms. The molecule has 0 heterocycles. The van der Waals surface area contributed by atoms with Crippen molar-refractivity contribution in [3.63, 3.8) is 0 Å². The molecule has 0 N–H and O–H groups in total. The molecule has 4 unspecified atom stereocenters. The number of allylic oxidation sites excluding steroid dienone is 2. The average Bonchev–Trinajstić information content (AvgIpc) is 3.25. The second-order valence-electron chi connectivity index (χ2n) is 8.18. The van der Waals surface area contributed by atoms with Gasteiger partial charge in [0.05, 0.1) is 32.3 Å². The maximum Gasteiger partial charge on any atom is 0.102 e. The van der Waals surface area contributed by atoms with Gasteiger partial charge < -0.3 is 26.2 Å². The number of rotatable bonds is 8. The number of hydrogen-bond acceptors (Lipinski definition) is 1. The van der Waals surface area contributed by atoms with Gasteiger partial charge in [-0.3, -0.25) is 0 Å². The average molecular weight is 408 g/mol. The summed E-state index contributed by atoms with van der Waals surface area (Å²) in [4.78, 5) is 0. The van der Waals surface area contributed by atoms with Crippen LogP contribution >= 0.6 is 0 Å². The van der Waals surface area contributed by atoms with Crippen molar-refractivity contribution in [1.29, 1.82) is 0 Å². The van der Waals surface area contributed by atoms with Crippen LogP contribution in [0.4, 0.5) is 0 Å². The standard InChI is InChI=1S/C22H34NO.BrH/c1-5-23(4,6-2)14-15-24-22(3,20-10-8-7-9-11-20)21-17-18-12-13-19(21)16-18;/h7-13,18-19,21H,5-6,14-17H2,1-4H3;1H/q+1;/p-1. The summed E-state index contributed by atoms with van der Waals surface area (Å²) in [5.74, 6) is 2.08. The molecule has 2 aliphatic carbocycles. The molecule has 3 rings (SSSR count). The highest BCUT2D eigenvalue weighted by atomic mass is 79.9. The van der Waals surface area contributed by atoms with Crippen LogP contribution in [0.3, 0.4) is 0 Å². The van der Waals surface area contributed by atoms with Gasteiger partial charge in [0.25, 0.3) is 0 Å². The van der Waals surface area contributed by atoms with Crippen LogP contribution in [0.2, 0.25) is 0 Å². The molecule has 2 bridgehead atoms. The lowest BCUT2D eigenvalue weighted by Crippen LogP contribution is -3.00. The summed E-state index contributed by atoms with van der Waals surface area (Å²) < 4.78 is 7.79. The number of likely N-dealkylation sites (N-methyl/N-ethyl adjacent to an activating group) is 1. The van der Waals surface area contributed by atoms with Crippen molar-refractivity contribution < 1.29 is 26.2 Å². The van der Waals surface area contributed by atoms with Crippen molar-refractivity contribution in [3.8, 4) is 0 Å². The Bertz CT molecular complexity index is 569. The molecule has 3 heteroatoms. The molecule has 2 aliphatic rings. The maximum absolute atomic E-state index is 6.70. The van der Waals surface area contributed by atoms with Crippen LogP contribution in [0.1, 0.15) is 39.2 Å². The van der Waals surface area contributed by atoms with Gasteiger partial charge >= 0.3 is 0 Å². The largest absolute Gasteiger partial charge is 1.00 e. The van der Waals surface area contributed by atoms with Gasteiger partial charge in [-0.25, -0.2) is 0 Å². The third-order valence-corrected chi connectivity index (χ3v) is 6.89. The second-order valence-corrected chi connectivity index (χ2v) is 8.18. The van der Waals surface area contributed by atoms with Gasteiger partial charge in [0, 0.05) is 0 Å². The van der Waals surface area contributed by atoms with Crippen molar-refractivity contribution in [2.24, 2.45) is 17.8 Å². The number of ether oxygens (including phenoxy) is 1. The molecule has 0 amide bonds. The fraction of sp³-hybridized carbons (Fsp3) is 0.636. The molecular weight excluding hydrogens is 374 g/mol. The van der Waals surface area contributed by atoms with E-state index >= 15 is 0 Å². The highest BCUT2D eigenvalue weighted by molar-refractivity contribution is 5.26. The fourth-order valence-corrected chi connectivity index (χ4v) is 4.61. The first-order valence-corrected chi connectivity index (χ1v) is 9.72. The van der Waals surface area contributed by atoms with Crippen LogP contribution in [0, 0.1) is 17.8 Å². The molecule has 1 saturated carbocycles. The minimum Gasteiger partial charge on any atom is -1.00 e. The summed E-state index contributed by atoms with van der Waals surface area (Å²) in [5, 5.41) is 0. The maximum atomic E-state index is 6.70. The number of hydrogen-bond donors (Lipinski definition) is 0. The highest BCUT2D eigenvalue weighted by Crippen LogP contribution is 2.52. The third-order valence-electron chi connectivity index (χ3n) is 6.89. The second kappa shape index (κ2) is 8.37. The summed E-state index contributed by atoms with van der Waals surface area (Å²) in [6.45, 7) is 11.1. The quantitative estimate of drug-likeness (QED) is 0.469. The Labute approximate surface area is 164 Å². The molecule has 0 radical (unpaired) electrons. The van der Waals surface area contributed by atoms with Crippen LogP contribution in [0.5, 0.6) is 0 Å². The molecule has 1 aromatic rings. The number of benzene rings is 1. The van der Waals surface area contributed by atoms with E-state index in [1.165, 1.54) is 31.5 Å². The monoisotopic (exact) mass is 407 g/mol. The lowest BCUT2D eigenvalue weighted by molar-refractivity contribution is -0.906. The van der Waals surface area contributed by atoms with E-state index in [1.807, 2.05) is 0 Å². The van der Waals surface area contributed by atoms with E-state index in [0.717, 1.165) is 23.6 Å². The van der Waals surface area contributed by atoms with Crippen molar-refractivity contribution in [1.82, 2.24) is 0 Å². The zero-order chi connectivity index (χ0) is 17.2. The van der Waals surface area contributed by atoms with Crippen molar-refractivity contribution >= 4 is 0 Å². The van der Waals surface area contributed by atoms with Gasteiger partial charge in [0.1, 0.15) is 6.54 Å². The first-order chi connectivity index (χ1) is 11.5. The van der Waals surface area contributed by atoms with Gasteiger partial charge in [0.15, 0.2) is 0 Å². The van der Waals surface area contributed by atoms with E-state index in [9.17, 15) is 0 Å². The Morgan fingerprint density at radius 1 is 1.08 bits per heavy atom. The number of nitrogens with zero attached hydrogens (tertiary/aromatic N) is 1. The number of halogens is 1. The normalized spacial score (nSPS) is 27.1. The SMILES string of the molecule is CC[N+](C)(CC)CCOC(C)(c1ccccc1)C1CC2C=CC1C2.[Br-]. The van der Waals surface area contributed by atoms with E-state index in [4.69, 9.17) is 4.74 Å². The first kappa shape index (κ1) is 20.7. The molecule has 140 valence electrons. The Morgan fingerprint density at radius 3 is 2.28 bits per heavy atom. The van der Waals surface area contributed by atoms with Crippen LogP contribution in [-0.4, -0.2) is 37.8 Å². The predicted octanol–water partition coefficient (Wildman–Crippen LogP) is 1.62. The predicted molar refractivity (Wildman–Crippen MR) is 101 cm³/mol. The molecule has 1 aromatic carbocycles. The molecule has 4 atom stereocenters. The molecule has 2 nitrogen and oxygen atoms in total. The Hall–Kier alpha value is -0.640. The van der Waals surface area contributed by atoms with Gasteiger partial charge in [-0.15, -0.1) is 0 Å². The summed E-state index contributed by atoms with van der Waals surface area (Å²) >= 11 is 0. The van der Waals surface area contributed by atoms with Crippen LogP contribution in [0.15, 0.2) is 42.5 Å². The van der Waals surface area contributed by atoms with Gasteiger partial charge in [0.2, 0.25) is 0 Å². The summed E-state index contributed by atoms with van der Waals surface area (Å²) in [6.07, 6.45) is 7.48. The Kier molecular flexibility index (Phi) is 6.92. The van der Waals surface area contributed by atoms with E-state index in [1.54, 1.807) is 0 Å². The Balaban J connectivity index is 0.00000225.